The summed E-state index contributed by atoms with van der Waals surface area (Å²) in [6.07, 6.45) is 0. The number of hydrogen-bond acceptors (Lipinski definition) is 3. The lowest BCUT2D eigenvalue weighted by molar-refractivity contribution is 0.0693. The van der Waals surface area contributed by atoms with Gasteiger partial charge in [0, 0.05) is 16.3 Å². The van der Waals surface area contributed by atoms with E-state index in [0.717, 1.165) is 0 Å². The van der Waals surface area contributed by atoms with Crippen LogP contribution in [0.2, 0.25) is 0 Å². The standard InChI is InChI=1S/C16H17NO2S/c1-10-6-11(2)8-12(7-10)9-20-15-13(16(18)19)4-3-5-14(15)17/h3-8H,9,17H2,1-2H3,(H,18,19). The van der Waals surface area contributed by atoms with E-state index in [4.69, 9.17) is 5.73 Å². The number of carbonyl (C=O) groups is 1. The Labute approximate surface area is 122 Å². The molecule has 0 bridgehead atoms. The minimum atomic E-state index is -0.944. The molecule has 0 saturated heterocycles. The van der Waals surface area contributed by atoms with Crippen LogP contribution in [0.3, 0.4) is 0 Å². The molecule has 0 aliphatic rings. The molecule has 3 nitrogen and oxygen atoms in total. The molecular formula is C16H17NO2S. The number of nitrogens with two attached hydrogens (primary N) is 1. The van der Waals surface area contributed by atoms with Crippen LogP contribution in [0.5, 0.6) is 0 Å². The molecule has 0 saturated carbocycles. The zero-order valence-electron chi connectivity index (χ0n) is 11.5. The van der Waals surface area contributed by atoms with Gasteiger partial charge >= 0.3 is 5.97 Å². The third-order valence-electron chi connectivity index (χ3n) is 2.94. The van der Waals surface area contributed by atoms with Crippen LogP contribution >= 0.6 is 11.8 Å². The van der Waals surface area contributed by atoms with Gasteiger partial charge < -0.3 is 10.8 Å². The van der Waals surface area contributed by atoms with Crippen molar-refractivity contribution in [2.75, 3.05) is 5.73 Å². The third kappa shape index (κ3) is 3.33. The Kier molecular flexibility index (Phi) is 4.35. The second-order valence-electron chi connectivity index (χ2n) is 4.81. The highest BCUT2D eigenvalue weighted by molar-refractivity contribution is 7.98. The highest BCUT2D eigenvalue weighted by Gasteiger charge is 2.13. The number of anilines is 1. The Morgan fingerprint density at radius 3 is 2.45 bits per heavy atom. The summed E-state index contributed by atoms with van der Waals surface area (Å²) in [4.78, 5) is 11.9. The van der Waals surface area contributed by atoms with Crippen LogP contribution in [0.15, 0.2) is 41.3 Å². The van der Waals surface area contributed by atoms with Crippen molar-refractivity contribution in [2.24, 2.45) is 0 Å². The average molecular weight is 287 g/mol. The van der Waals surface area contributed by atoms with Crippen molar-refractivity contribution in [3.05, 3.63) is 58.7 Å². The summed E-state index contributed by atoms with van der Waals surface area (Å²) in [5.74, 6) is -0.239. The fraction of sp³-hybridized carbons (Fsp3) is 0.188. The first-order valence-corrected chi connectivity index (χ1v) is 7.27. The van der Waals surface area contributed by atoms with Crippen LogP contribution < -0.4 is 5.73 Å². The lowest BCUT2D eigenvalue weighted by Crippen LogP contribution is -2.02. The fourth-order valence-electron chi connectivity index (χ4n) is 2.19. The van der Waals surface area contributed by atoms with Gasteiger partial charge in [0.15, 0.2) is 0 Å². The Morgan fingerprint density at radius 2 is 1.85 bits per heavy atom. The van der Waals surface area contributed by atoms with E-state index in [-0.39, 0.29) is 5.56 Å². The molecule has 2 aromatic carbocycles. The van der Waals surface area contributed by atoms with Crippen LogP contribution in [0.25, 0.3) is 0 Å². The largest absolute Gasteiger partial charge is 0.478 e. The molecule has 104 valence electrons. The number of carboxylic acid groups (broad SMARTS) is 1. The second-order valence-corrected chi connectivity index (χ2v) is 5.80. The molecule has 0 fully saturated rings. The summed E-state index contributed by atoms with van der Waals surface area (Å²) in [6.45, 7) is 4.11. The van der Waals surface area contributed by atoms with Crippen LogP contribution in [-0.4, -0.2) is 11.1 Å². The number of aromatic carboxylic acids is 1. The van der Waals surface area contributed by atoms with Crippen LogP contribution in [0.1, 0.15) is 27.0 Å². The molecule has 0 unspecified atom stereocenters. The molecular weight excluding hydrogens is 270 g/mol. The molecule has 0 spiro atoms. The van der Waals surface area contributed by atoms with E-state index in [2.05, 4.69) is 32.0 Å². The Hall–Kier alpha value is -1.94. The van der Waals surface area contributed by atoms with Crippen LogP contribution in [-0.2, 0) is 5.75 Å². The maximum atomic E-state index is 11.2. The molecule has 0 aromatic heterocycles. The minimum Gasteiger partial charge on any atom is -0.478 e. The van der Waals surface area contributed by atoms with E-state index < -0.39 is 5.97 Å². The summed E-state index contributed by atoms with van der Waals surface area (Å²) in [5, 5.41) is 9.21. The van der Waals surface area contributed by atoms with E-state index in [9.17, 15) is 9.90 Å². The van der Waals surface area contributed by atoms with Crippen LogP contribution in [0, 0.1) is 13.8 Å². The quantitative estimate of drug-likeness (QED) is 0.661. The average Bonchev–Trinajstić information content (AvgIpc) is 2.35. The fourth-order valence-corrected chi connectivity index (χ4v) is 3.22. The van der Waals surface area contributed by atoms with Crippen molar-refractivity contribution in [3.8, 4) is 0 Å². The van der Waals surface area contributed by atoms with E-state index in [1.807, 2.05) is 0 Å². The third-order valence-corrected chi connectivity index (χ3v) is 4.16. The number of thioether (sulfide) groups is 1. The summed E-state index contributed by atoms with van der Waals surface area (Å²) in [6, 6.07) is 11.3. The molecule has 0 radical (unpaired) electrons. The van der Waals surface area contributed by atoms with Gasteiger partial charge in [-0.2, -0.15) is 0 Å². The maximum absolute atomic E-state index is 11.2. The smallest absolute Gasteiger partial charge is 0.336 e. The predicted octanol–water partition coefficient (Wildman–Crippen LogP) is 3.88. The number of hydrogen-bond donors (Lipinski definition) is 2. The maximum Gasteiger partial charge on any atom is 0.336 e. The van der Waals surface area contributed by atoms with Gasteiger partial charge in [-0.3, -0.25) is 0 Å². The van der Waals surface area contributed by atoms with Gasteiger partial charge in [0.2, 0.25) is 0 Å². The molecule has 3 N–H and O–H groups in total. The number of nitrogen functional groups attached to an aromatic ring is 1. The van der Waals surface area contributed by atoms with E-state index >= 15 is 0 Å². The van der Waals surface area contributed by atoms with Gasteiger partial charge in [0.1, 0.15) is 0 Å². The Balaban J connectivity index is 2.25. The minimum absolute atomic E-state index is 0.263. The normalized spacial score (nSPS) is 10.5. The lowest BCUT2D eigenvalue weighted by Gasteiger charge is -2.10. The molecule has 4 heteroatoms. The topological polar surface area (TPSA) is 63.3 Å². The van der Waals surface area contributed by atoms with E-state index in [1.165, 1.54) is 28.5 Å². The number of aryl methyl sites for hydroxylation is 2. The molecule has 0 aliphatic carbocycles. The van der Waals surface area contributed by atoms with Crippen molar-refractivity contribution >= 4 is 23.4 Å². The lowest BCUT2D eigenvalue weighted by atomic mass is 10.1. The summed E-state index contributed by atoms with van der Waals surface area (Å²) in [5.41, 5.74) is 10.3. The molecule has 2 rings (SSSR count). The summed E-state index contributed by atoms with van der Waals surface area (Å²) >= 11 is 1.47. The highest BCUT2D eigenvalue weighted by Crippen LogP contribution is 2.32. The first-order chi connectivity index (χ1) is 9.47. The molecule has 2 aromatic rings. The van der Waals surface area contributed by atoms with Crippen LogP contribution in [0.4, 0.5) is 5.69 Å². The Bertz CT molecular complexity index is 633. The first kappa shape index (κ1) is 14.5. The van der Waals surface area contributed by atoms with Gasteiger partial charge in [-0.25, -0.2) is 4.79 Å². The van der Waals surface area contributed by atoms with E-state index in [0.29, 0.717) is 16.3 Å². The van der Waals surface area contributed by atoms with Crippen molar-refractivity contribution in [2.45, 2.75) is 24.5 Å². The number of carboxylic acids is 1. The van der Waals surface area contributed by atoms with E-state index in [1.54, 1.807) is 18.2 Å². The van der Waals surface area contributed by atoms with Gasteiger partial charge in [-0.15, -0.1) is 11.8 Å². The molecule has 0 heterocycles. The molecule has 20 heavy (non-hydrogen) atoms. The van der Waals surface area contributed by atoms with Gasteiger partial charge in [0.25, 0.3) is 0 Å². The second kappa shape index (κ2) is 6.01. The molecule has 0 atom stereocenters. The monoisotopic (exact) mass is 287 g/mol. The Morgan fingerprint density at radius 1 is 1.20 bits per heavy atom. The van der Waals surface area contributed by atoms with Gasteiger partial charge in [-0.1, -0.05) is 35.4 Å². The summed E-state index contributed by atoms with van der Waals surface area (Å²) in [7, 11) is 0. The number of benzene rings is 2. The molecule has 0 aliphatic heterocycles. The van der Waals surface area contributed by atoms with Crippen molar-refractivity contribution in [1.29, 1.82) is 0 Å². The van der Waals surface area contributed by atoms with Gasteiger partial charge in [0.05, 0.1) is 5.56 Å². The first-order valence-electron chi connectivity index (χ1n) is 6.29. The SMILES string of the molecule is Cc1cc(C)cc(CSc2c(N)cccc2C(=O)O)c1. The van der Waals surface area contributed by atoms with Gasteiger partial charge in [-0.05, 0) is 31.5 Å². The summed E-state index contributed by atoms with van der Waals surface area (Å²) < 4.78 is 0. The highest BCUT2D eigenvalue weighted by atomic mass is 32.2. The zero-order valence-corrected chi connectivity index (χ0v) is 12.3. The van der Waals surface area contributed by atoms with Crippen molar-refractivity contribution < 1.29 is 9.90 Å². The number of rotatable bonds is 4. The molecule has 0 amide bonds. The zero-order chi connectivity index (χ0) is 14.7. The predicted molar refractivity (Wildman–Crippen MR) is 83.3 cm³/mol. The van der Waals surface area contributed by atoms with Crippen molar-refractivity contribution in [1.82, 2.24) is 0 Å². The van der Waals surface area contributed by atoms with Crippen molar-refractivity contribution in [3.63, 3.8) is 0 Å².